The highest BCUT2D eigenvalue weighted by molar-refractivity contribution is 7.99. The van der Waals surface area contributed by atoms with Gasteiger partial charge in [-0.25, -0.2) is 9.97 Å². The van der Waals surface area contributed by atoms with Crippen LogP contribution >= 0.6 is 11.8 Å². The molecule has 2 rings (SSSR count). The first-order valence-electron chi connectivity index (χ1n) is 5.63. The van der Waals surface area contributed by atoms with Crippen LogP contribution in [0.4, 0.5) is 0 Å². The van der Waals surface area contributed by atoms with E-state index < -0.39 is 0 Å². The lowest BCUT2D eigenvalue weighted by atomic mass is 10.1. The van der Waals surface area contributed by atoms with Gasteiger partial charge in [-0.3, -0.25) is 4.90 Å². The molecule has 0 aromatic carbocycles. The average Bonchev–Trinajstić information content (AvgIpc) is 2.31. The topological polar surface area (TPSA) is 55.0 Å². The predicted molar refractivity (Wildman–Crippen MR) is 67.3 cm³/mol. The van der Waals surface area contributed by atoms with Crippen LogP contribution in [0, 0.1) is 0 Å². The van der Waals surface area contributed by atoms with Crippen molar-refractivity contribution in [2.24, 2.45) is 5.73 Å². The van der Waals surface area contributed by atoms with Crippen molar-refractivity contribution in [3.8, 4) is 0 Å². The third kappa shape index (κ3) is 2.72. The molecule has 4 nitrogen and oxygen atoms in total. The van der Waals surface area contributed by atoms with Gasteiger partial charge in [-0.05, 0) is 6.07 Å². The lowest BCUT2D eigenvalue weighted by molar-refractivity contribution is 0.207. The molecule has 2 atom stereocenters. The fourth-order valence-electron chi connectivity index (χ4n) is 2.08. The van der Waals surface area contributed by atoms with Crippen LogP contribution < -0.4 is 5.73 Å². The van der Waals surface area contributed by atoms with Gasteiger partial charge in [0.25, 0.3) is 0 Å². The van der Waals surface area contributed by atoms with Crippen LogP contribution in [-0.2, 0) is 0 Å². The van der Waals surface area contributed by atoms with Gasteiger partial charge in [-0.2, -0.15) is 11.8 Å². The van der Waals surface area contributed by atoms with Gasteiger partial charge in [0, 0.05) is 36.8 Å². The molecule has 1 aromatic rings. The number of hydrogen-bond donors (Lipinski definition) is 1. The summed E-state index contributed by atoms with van der Waals surface area (Å²) in [7, 11) is 0. The van der Waals surface area contributed by atoms with Crippen LogP contribution in [0.15, 0.2) is 18.6 Å². The SMILES string of the molecule is CC1CN(C(CN)c2ccncn2)CCS1. The van der Waals surface area contributed by atoms with Gasteiger partial charge in [-0.1, -0.05) is 6.92 Å². The van der Waals surface area contributed by atoms with E-state index in [9.17, 15) is 0 Å². The number of nitrogens with two attached hydrogens (primary N) is 1. The van der Waals surface area contributed by atoms with Crippen molar-refractivity contribution in [3.05, 3.63) is 24.3 Å². The zero-order valence-electron chi connectivity index (χ0n) is 9.54. The van der Waals surface area contributed by atoms with Crippen molar-refractivity contribution < 1.29 is 0 Å². The van der Waals surface area contributed by atoms with Gasteiger partial charge in [0.2, 0.25) is 0 Å². The fraction of sp³-hybridized carbons (Fsp3) is 0.636. The molecule has 16 heavy (non-hydrogen) atoms. The van der Waals surface area contributed by atoms with E-state index in [4.69, 9.17) is 5.73 Å². The Morgan fingerprint density at radius 2 is 2.56 bits per heavy atom. The molecule has 2 heterocycles. The summed E-state index contributed by atoms with van der Waals surface area (Å²) >= 11 is 2.03. The Kier molecular flexibility index (Phi) is 4.15. The maximum absolute atomic E-state index is 5.87. The van der Waals surface area contributed by atoms with Gasteiger partial charge in [0.1, 0.15) is 6.33 Å². The first kappa shape index (κ1) is 11.8. The summed E-state index contributed by atoms with van der Waals surface area (Å²) in [6.45, 7) is 5.08. The van der Waals surface area contributed by atoms with Gasteiger partial charge >= 0.3 is 0 Å². The number of thioether (sulfide) groups is 1. The lowest BCUT2D eigenvalue weighted by Gasteiger charge is -2.36. The van der Waals surface area contributed by atoms with Crippen LogP contribution in [0.2, 0.25) is 0 Å². The van der Waals surface area contributed by atoms with E-state index in [2.05, 4.69) is 21.8 Å². The van der Waals surface area contributed by atoms with Crippen LogP contribution in [0.5, 0.6) is 0 Å². The quantitative estimate of drug-likeness (QED) is 0.848. The number of hydrogen-bond acceptors (Lipinski definition) is 5. The lowest BCUT2D eigenvalue weighted by Crippen LogP contribution is -2.42. The third-order valence-corrected chi connectivity index (χ3v) is 4.02. The summed E-state index contributed by atoms with van der Waals surface area (Å²) in [5, 5.41) is 0.685. The Hall–Kier alpha value is -0.650. The largest absolute Gasteiger partial charge is 0.329 e. The fourth-order valence-corrected chi connectivity index (χ4v) is 3.12. The molecule has 0 amide bonds. The van der Waals surface area contributed by atoms with Crippen molar-refractivity contribution in [1.82, 2.24) is 14.9 Å². The molecule has 1 aliphatic rings. The zero-order chi connectivity index (χ0) is 11.4. The Morgan fingerprint density at radius 3 is 3.19 bits per heavy atom. The molecule has 0 bridgehead atoms. The maximum atomic E-state index is 5.87. The summed E-state index contributed by atoms with van der Waals surface area (Å²) in [6, 6.07) is 2.20. The molecule has 0 saturated carbocycles. The average molecular weight is 238 g/mol. The molecule has 0 aliphatic carbocycles. The first-order valence-corrected chi connectivity index (χ1v) is 6.67. The standard InChI is InChI=1S/C11H18N4S/c1-9-7-15(4-5-16-9)11(6-12)10-2-3-13-8-14-10/h2-3,8-9,11H,4-7,12H2,1H3. The highest BCUT2D eigenvalue weighted by atomic mass is 32.2. The van der Waals surface area contributed by atoms with Gasteiger partial charge in [-0.15, -0.1) is 0 Å². The molecule has 88 valence electrons. The third-order valence-electron chi connectivity index (χ3n) is 2.88. The zero-order valence-corrected chi connectivity index (χ0v) is 10.4. The second-order valence-corrected chi connectivity index (χ2v) is 5.61. The summed E-state index contributed by atoms with van der Waals surface area (Å²) in [6.07, 6.45) is 3.38. The summed E-state index contributed by atoms with van der Waals surface area (Å²) in [5.74, 6) is 1.18. The van der Waals surface area contributed by atoms with E-state index in [0.29, 0.717) is 11.8 Å². The van der Waals surface area contributed by atoms with Crippen molar-refractivity contribution in [1.29, 1.82) is 0 Å². The van der Waals surface area contributed by atoms with E-state index in [1.807, 2.05) is 17.8 Å². The molecule has 5 heteroatoms. The predicted octanol–water partition coefficient (Wildman–Crippen LogP) is 0.914. The second-order valence-electron chi connectivity index (χ2n) is 4.06. The Morgan fingerprint density at radius 1 is 1.69 bits per heavy atom. The van der Waals surface area contributed by atoms with Crippen molar-refractivity contribution in [2.45, 2.75) is 18.2 Å². The molecule has 2 N–H and O–H groups in total. The van der Waals surface area contributed by atoms with E-state index in [1.54, 1.807) is 12.5 Å². The molecule has 1 saturated heterocycles. The minimum absolute atomic E-state index is 0.242. The molecular weight excluding hydrogens is 220 g/mol. The summed E-state index contributed by atoms with van der Waals surface area (Å²) in [4.78, 5) is 10.7. The van der Waals surface area contributed by atoms with Crippen LogP contribution in [-0.4, -0.2) is 45.5 Å². The van der Waals surface area contributed by atoms with E-state index in [-0.39, 0.29) is 6.04 Å². The molecule has 0 radical (unpaired) electrons. The molecule has 1 aliphatic heterocycles. The van der Waals surface area contributed by atoms with Crippen molar-refractivity contribution >= 4 is 11.8 Å². The van der Waals surface area contributed by atoms with Crippen LogP contribution in [0.1, 0.15) is 18.7 Å². The van der Waals surface area contributed by atoms with Crippen LogP contribution in [0.25, 0.3) is 0 Å². The monoisotopic (exact) mass is 238 g/mol. The van der Waals surface area contributed by atoms with E-state index in [0.717, 1.165) is 18.8 Å². The Labute approximate surface area is 101 Å². The highest BCUT2D eigenvalue weighted by Crippen LogP contribution is 2.25. The molecule has 1 aromatic heterocycles. The maximum Gasteiger partial charge on any atom is 0.115 e. The molecular formula is C11H18N4S. The number of rotatable bonds is 3. The van der Waals surface area contributed by atoms with Crippen molar-refractivity contribution in [2.75, 3.05) is 25.4 Å². The minimum Gasteiger partial charge on any atom is -0.329 e. The number of aromatic nitrogens is 2. The summed E-state index contributed by atoms with van der Waals surface area (Å²) < 4.78 is 0. The van der Waals surface area contributed by atoms with Crippen LogP contribution in [0.3, 0.4) is 0 Å². The minimum atomic E-state index is 0.242. The smallest absolute Gasteiger partial charge is 0.115 e. The van der Waals surface area contributed by atoms with Gasteiger partial charge in [0.05, 0.1) is 11.7 Å². The molecule has 0 spiro atoms. The first-order chi connectivity index (χ1) is 7.81. The number of nitrogens with zero attached hydrogens (tertiary/aromatic N) is 3. The Bertz CT molecular complexity index is 319. The van der Waals surface area contributed by atoms with Gasteiger partial charge < -0.3 is 5.73 Å². The Balaban J connectivity index is 2.10. The molecule has 2 unspecified atom stereocenters. The normalized spacial score (nSPS) is 24.2. The highest BCUT2D eigenvalue weighted by Gasteiger charge is 2.25. The molecule has 1 fully saturated rings. The van der Waals surface area contributed by atoms with E-state index >= 15 is 0 Å². The summed E-state index contributed by atoms with van der Waals surface area (Å²) in [5.41, 5.74) is 6.91. The van der Waals surface area contributed by atoms with Gasteiger partial charge in [0.15, 0.2) is 0 Å². The van der Waals surface area contributed by atoms with E-state index in [1.165, 1.54) is 5.75 Å². The second kappa shape index (κ2) is 5.61. The van der Waals surface area contributed by atoms with Crippen molar-refractivity contribution in [3.63, 3.8) is 0 Å².